The van der Waals surface area contributed by atoms with Crippen LogP contribution in [0.4, 0.5) is 5.82 Å². The molecule has 4 heterocycles. The number of ether oxygens (including phenoxy) is 1. The Morgan fingerprint density at radius 3 is 2.94 bits per heavy atom. The lowest BCUT2D eigenvalue weighted by molar-refractivity contribution is -0.127. The Bertz CT molecular complexity index is 1100. The molecule has 0 spiro atoms. The molecule has 3 aliphatic heterocycles. The quantitative estimate of drug-likeness (QED) is 0.737. The van der Waals surface area contributed by atoms with Gasteiger partial charge in [-0.2, -0.15) is 0 Å². The van der Waals surface area contributed by atoms with Crippen LogP contribution in [0.3, 0.4) is 0 Å². The molecule has 1 unspecified atom stereocenters. The molecule has 7 heteroatoms. The van der Waals surface area contributed by atoms with Gasteiger partial charge >= 0.3 is 0 Å². The maximum Gasteiger partial charge on any atom is 0.246 e. The molecule has 0 bridgehead atoms. The Morgan fingerprint density at radius 1 is 1.18 bits per heavy atom. The van der Waals surface area contributed by atoms with Crippen molar-refractivity contribution in [2.75, 3.05) is 38.2 Å². The third kappa shape index (κ3) is 4.89. The van der Waals surface area contributed by atoms with E-state index in [-0.39, 0.29) is 17.9 Å². The Labute approximate surface area is 193 Å². The number of nitrogens with one attached hydrogen (secondary N) is 1. The molecule has 0 aliphatic carbocycles. The van der Waals surface area contributed by atoms with Gasteiger partial charge in [0.2, 0.25) is 11.8 Å². The third-order valence-electron chi connectivity index (χ3n) is 6.46. The highest BCUT2D eigenvalue weighted by molar-refractivity contribution is 5.96. The van der Waals surface area contributed by atoms with E-state index < -0.39 is 0 Å². The van der Waals surface area contributed by atoms with Gasteiger partial charge in [-0.1, -0.05) is 36.4 Å². The fourth-order valence-corrected chi connectivity index (χ4v) is 4.61. The molecule has 170 valence electrons. The Hall–Kier alpha value is -3.29. The van der Waals surface area contributed by atoms with Crippen molar-refractivity contribution in [2.24, 2.45) is 0 Å². The van der Waals surface area contributed by atoms with Gasteiger partial charge < -0.3 is 15.0 Å². The summed E-state index contributed by atoms with van der Waals surface area (Å²) in [6.07, 6.45) is 9.09. The van der Waals surface area contributed by atoms with Crippen LogP contribution >= 0.6 is 0 Å². The predicted octanol–water partition coefficient (Wildman–Crippen LogP) is 2.95. The molecule has 7 nitrogen and oxygen atoms in total. The van der Waals surface area contributed by atoms with Crippen molar-refractivity contribution in [2.45, 2.75) is 25.4 Å². The first kappa shape index (κ1) is 21.6. The first-order valence-corrected chi connectivity index (χ1v) is 11.5. The summed E-state index contributed by atoms with van der Waals surface area (Å²) < 4.78 is 5.47. The number of fused-ring (bicyclic) bond motifs is 2. The molecule has 0 radical (unpaired) electrons. The fourth-order valence-electron chi connectivity index (χ4n) is 4.61. The van der Waals surface area contributed by atoms with Crippen LogP contribution < -0.4 is 5.32 Å². The molecular weight excluding hydrogens is 416 g/mol. The van der Waals surface area contributed by atoms with Gasteiger partial charge in [0, 0.05) is 44.0 Å². The minimum atomic E-state index is -0.286. The zero-order valence-electron chi connectivity index (χ0n) is 18.6. The summed E-state index contributed by atoms with van der Waals surface area (Å²) in [4.78, 5) is 33.8. The molecule has 1 fully saturated rings. The lowest BCUT2D eigenvalue weighted by atomic mass is 10.0. The van der Waals surface area contributed by atoms with E-state index in [1.54, 1.807) is 12.3 Å². The van der Waals surface area contributed by atoms with Crippen LogP contribution in [0.1, 0.15) is 29.5 Å². The van der Waals surface area contributed by atoms with Crippen molar-refractivity contribution >= 4 is 29.3 Å². The highest BCUT2D eigenvalue weighted by Gasteiger charge is 2.33. The normalized spacial score (nSPS) is 21.5. The van der Waals surface area contributed by atoms with E-state index in [4.69, 9.17) is 4.74 Å². The summed E-state index contributed by atoms with van der Waals surface area (Å²) in [6.45, 7) is 3.78. The van der Waals surface area contributed by atoms with Crippen LogP contribution in [0.5, 0.6) is 0 Å². The fraction of sp³-hybridized carbons (Fsp3) is 0.346. The second-order valence-corrected chi connectivity index (χ2v) is 8.62. The summed E-state index contributed by atoms with van der Waals surface area (Å²) in [7, 11) is 0. The predicted molar refractivity (Wildman–Crippen MR) is 127 cm³/mol. The molecule has 1 N–H and O–H groups in total. The molecule has 33 heavy (non-hydrogen) atoms. The van der Waals surface area contributed by atoms with Crippen LogP contribution in [-0.2, 0) is 20.9 Å². The monoisotopic (exact) mass is 444 g/mol. The number of amides is 2. The number of rotatable bonds is 3. The number of carbonyl (C=O) groups is 2. The van der Waals surface area contributed by atoms with E-state index in [1.807, 2.05) is 35.2 Å². The molecule has 1 saturated heterocycles. The number of nitrogens with zero attached hydrogens (tertiary/aromatic N) is 3. The number of morpholine rings is 1. The van der Waals surface area contributed by atoms with Crippen molar-refractivity contribution in [3.8, 4) is 0 Å². The van der Waals surface area contributed by atoms with E-state index >= 15 is 0 Å². The number of hydrogen-bond acceptors (Lipinski definition) is 5. The molecule has 1 aromatic heterocycles. The average molecular weight is 445 g/mol. The van der Waals surface area contributed by atoms with Crippen molar-refractivity contribution in [1.82, 2.24) is 14.8 Å². The lowest BCUT2D eigenvalue weighted by Gasteiger charge is -2.32. The smallest absolute Gasteiger partial charge is 0.246 e. The Morgan fingerprint density at radius 2 is 2.06 bits per heavy atom. The summed E-state index contributed by atoms with van der Waals surface area (Å²) in [6, 6.07) is 12.1. The second kappa shape index (κ2) is 9.68. The molecule has 1 aromatic carbocycles. The van der Waals surface area contributed by atoms with Crippen LogP contribution in [0.15, 0.2) is 54.7 Å². The SMILES string of the molecule is O=C1Nc2ncc(C=CC(=O)N3CCC=C(c4ccccc4)CC3)cc2CN2CCOCC12. The van der Waals surface area contributed by atoms with Crippen molar-refractivity contribution in [3.05, 3.63) is 71.4 Å². The first-order valence-electron chi connectivity index (χ1n) is 11.5. The lowest BCUT2D eigenvalue weighted by Crippen LogP contribution is -2.49. The number of anilines is 1. The highest BCUT2D eigenvalue weighted by atomic mass is 16.5. The van der Waals surface area contributed by atoms with Gasteiger partial charge in [-0.3, -0.25) is 14.5 Å². The molecule has 2 aromatic rings. The number of aromatic nitrogens is 1. The summed E-state index contributed by atoms with van der Waals surface area (Å²) >= 11 is 0. The Balaban J connectivity index is 1.24. The van der Waals surface area contributed by atoms with E-state index in [1.165, 1.54) is 11.1 Å². The summed E-state index contributed by atoms with van der Waals surface area (Å²) in [5, 5.41) is 2.91. The van der Waals surface area contributed by atoms with Gasteiger partial charge in [-0.25, -0.2) is 4.98 Å². The zero-order valence-corrected chi connectivity index (χ0v) is 18.6. The van der Waals surface area contributed by atoms with E-state index in [9.17, 15) is 9.59 Å². The van der Waals surface area contributed by atoms with Gasteiger partial charge in [-0.15, -0.1) is 0 Å². The number of pyridine rings is 1. The van der Waals surface area contributed by atoms with E-state index in [2.05, 4.69) is 33.4 Å². The second-order valence-electron chi connectivity index (χ2n) is 8.62. The molecule has 2 amide bonds. The van der Waals surface area contributed by atoms with E-state index in [0.717, 1.165) is 24.0 Å². The maximum absolute atomic E-state index is 12.9. The van der Waals surface area contributed by atoms with Crippen molar-refractivity contribution in [3.63, 3.8) is 0 Å². The van der Waals surface area contributed by atoms with E-state index in [0.29, 0.717) is 45.2 Å². The molecule has 3 aliphatic rings. The van der Waals surface area contributed by atoms with Gasteiger partial charge in [0.05, 0.1) is 13.2 Å². The van der Waals surface area contributed by atoms with Gasteiger partial charge in [-0.05, 0) is 41.7 Å². The van der Waals surface area contributed by atoms with Crippen LogP contribution in [-0.4, -0.2) is 65.5 Å². The van der Waals surface area contributed by atoms with Gasteiger partial charge in [0.25, 0.3) is 0 Å². The first-order chi connectivity index (χ1) is 16.2. The topological polar surface area (TPSA) is 74.8 Å². The van der Waals surface area contributed by atoms with Crippen LogP contribution in [0, 0.1) is 0 Å². The number of benzene rings is 1. The number of hydrogen-bond donors (Lipinski definition) is 1. The molecule has 0 saturated carbocycles. The summed E-state index contributed by atoms with van der Waals surface area (Å²) in [5.74, 6) is 0.517. The molecule has 5 rings (SSSR count). The average Bonchev–Trinajstić information content (AvgIpc) is 3.18. The molecule has 1 atom stereocenters. The number of carbonyl (C=O) groups excluding carboxylic acids is 2. The van der Waals surface area contributed by atoms with Gasteiger partial charge in [0.1, 0.15) is 11.9 Å². The van der Waals surface area contributed by atoms with Crippen LogP contribution in [0.25, 0.3) is 11.6 Å². The van der Waals surface area contributed by atoms with Gasteiger partial charge in [0.15, 0.2) is 0 Å². The highest BCUT2D eigenvalue weighted by Crippen LogP contribution is 2.25. The maximum atomic E-state index is 12.9. The minimum Gasteiger partial charge on any atom is -0.378 e. The standard InChI is InChI=1S/C26H28N4O3/c31-24(29-11-4-7-21(10-12-29)20-5-2-1-3-6-20)9-8-19-15-22-17-30-13-14-33-18-23(30)26(32)28-25(22)27-16-19/h1-3,5-9,15-16,23H,4,10-14,17-18H2,(H,27,28,32). The molecular formula is C26H28N4O3. The van der Waals surface area contributed by atoms with Crippen molar-refractivity contribution in [1.29, 1.82) is 0 Å². The van der Waals surface area contributed by atoms with Crippen LogP contribution in [0.2, 0.25) is 0 Å². The third-order valence-corrected chi connectivity index (χ3v) is 6.46. The zero-order chi connectivity index (χ0) is 22.6. The minimum absolute atomic E-state index is 0.00852. The Kier molecular flexibility index (Phi) is 6.32. The summed E-state index contributed by atoms with van der Waals surface area (Å²) in [5.41, 5.74) is 4.33. The largest absolute Gasteiger partial charge is 0.378 e. The van der Waals surface area contributed by atoms with Crippen molar-refractivity contribution < 1.29 is 14.3 Å².